The number of alkyl halides is 3. The van der Waals surface area contributed by atoms with Crippen molar-refractivity contribution in [3.63, 3.8) is 0 Å². The first-order chi connectivity index (χ1) is 11.9. The van der Waals surface area contributed by atoms with E-state index in [1.165, 1.54) is 0 Å². The molecule has 1 amide bonds. The third-order valence-electron chi connectivity index (χ3n) is 4.68. The molecule has 2 aromatic rings. The van der Waals surface area contributed by atoms with Crippen LogP contribution in [0.1, 0.15) is 17.7 Å². The van der Waals surface area contributed by atoms with Crippen molar-refractivity contribution in [1.82, 2.24) is 14.9 Å². The maximum Gasteiger partial charge on any atom is 0.433 e. The quantitative estimate of drug-likeness (QED) is 0.836. The van der Waals surface area contributed by atoms with Crippen LogP contribution < -0.4 is 4.90 Å². The number of carbonyl (C=O) groups is 1. The number of aromatic nitrogens is 2. The third kappa shape index (κ3) is 3.08. The summed E-state index contributed by atoms with van der Waals surface area (Å²) in [6, 6.07) is 2.98. The minimum atomic E-state index is -4.49. The van der Waals surface area contributed by atoms with E-state index in [1.807, 2.05) is 26.6 Å². The summed E-state index contributed by atoms with van der Waals surface area (Å²) in [4.78, 5) is 23.4. The maximum absolute atomic E-state index is 12.8. The lowest BCUT2D eigenvalue weighted by Gasteiger charge is -2.56. The number of thiophene rings is 1. The summed E-state index contributed by atoms with van der Waals surface area (Å²) >= 11 is 1.56. The Hall–Kier alpha value is -2.16. The summed E-state index contributed by atoms with van der Waals surface area (Å²) in [5.41, 5.74) is 0.0598. The first-order valence-corrected chi connectivity index (χ1v) is 8.82. The summed E-state index contributed by atoms with van der Waals surface area (Å²) in [7, 11) is 0. The van der Waals surface area contributed by atoms with Gasteiger partial charge in [-0.1, -0.05) is 0 Å². The molecule has 0 aromatic carbocycles. The van der Waals surface area contributed by atoms with Gasteiger partial charge in [0.2, 0.25) is 5.91 Å². The van der Waals surface area contributed by atoms with E-state index >= 15 is 0 Å². The van der Waals surface area contributed by atoms with Crippen LogP contribution in [-0.2, 0) is 17.4 Å². The van der Waals surface area contributed by atoms with Crippen molar-refractivity contribution in [2.45, 2.75) is 31.1 Å². The molecule has 5 heterocycles. The van der Waals surface area contributed by atoms with Crippen LogP contribution in [0.4, 0.5) is 19.0 Å². The first-order valence-electron chi connectivity index (χ1n) is 7.88. The van der Waals surface area contributed by atoms with Crippen LogP contribution in [0.3, 0.4) is 0 Å². The zero-order chi connectivity index (χ0) is 17.6. The van der Waals surface area contributed by atoms with Crippen molar-refractivity contribution >= 4 is 23.1 Å². The van der Waals surface area contributed by atoms with E-state index in [1.54, 1.807) is 11.3 Å². The molecule has 3 aliphatic rings. The number of amides is 1. The molecule has 3 saturated heterocycles. The van der Waals surface area contributed by atoms with E-state index in [0.29, 0.717) is 19.5 Å². The number of piperidine rings is 1. The predicted molar refractivity (Wildman–Crippen MR) is 86.3 cm³/mol. The highest BCUT2D eigenvalue weighted by atomic mass is 32.1. The largest absolute Gasteiger partial charge is 0.433 e. The molecule has 3 fully saturated rings. The summed E-state index contributed by atoms with van der Waals surface area (Å²) in [5, 5.41) is 3.90. The van der Waals surface area contributed by atoms with Crippen LogP contribution in [0.5, 0.6) is 0 Å². The molecular weight excluding hydrogens is 353 g/mol. The van der Waals surface area contributed by atoms with Crippen LogP contribution in [0.2, 0.25) is 0 Å². The van der Waals surface area contributed by atoms with Gasteiger partial charge in [-0.2, -0.15) is 24.5 Å². The molecule has 0 spiro atoms. The Morgan fingerprint density at radius 1 is 1.28 bits per heavy atom. The van der Waals surface area contributed by atoms with Crippen molar-refractivity contribution in [2.75, 3.05) is 18.0 Å². The minimum absolute atomic E-state index is 0.0363. The molecule has 2 bridgehead atoms. The van der Waals surface area contributed by atoms with Crippen LogP contribution in [0.15, 0.2) is 29.2 Å². The molecule has 5 rings (SSSR count). The molecule has 0 aliphatic carbocycles. The summed E-state index contributed by atoms with van der Waals surface area (Å²) in [6.07, 6.45) is -2.28. The molecule has 25 heavy (non-hydrogen) atoms. The zero-order valence-corrected chi connectivity index (χ0v) is 13.9. The smallest absolute Gasteiger partial charge is 0.352 e. The number of halogens is 3. The van der Waals surface area contributed by atoms with E-state index in [4.69, 9.17) is 0 Å². The van der Waals surface area contributed by atoms with Gasteiger partial charge in [-0.3, -0.25) is 4.79 Å². The second-order valence-electron chi connectivity index (χ2n) is 6.32. The van der Waals surface area contributed by atoms with Gasteiger partial charge in [0, 0.05) is 19.2 Å². The van der Waals surface area contributed by atoms with Gasteiger partial charge >= 0.3 is 6.18 Å². The molecule has 2 unspecified atom stereocenters. The highest BCUT2D eigenvalue weighted by Gasteiger charge is 2.47. The molecular formula is C16H15F3N4OS. The Bertz CT molecular complexity index is 768. The number of fused-ring (bicyclic) bond motifs is 2. The Morgan fingerprint density at radius 3 is 2.68 bits per heavy atom. The van der Waals surface area contributed by atoms with Gasteiger partial charge in [-0.05, 0) is 28.8 Å². The summed E-state index contributed by atoms with van der Waals surface area (Å²) in [6.45, 7) is 1.00. The molecule has 3 aliphatic heterocycles. The molecule has 0 saturated carbocycles. The van der Waals surface area contributed by atoms with Gasteiger partial charge < -0.3 is 9.80 Å². The molecule has 2 atom stereocenters. The van der Waals surface area contributed by atoms with Crippen LogP contribution >= 0.6 is 11.3 Å². The molecule has 2 aromatic heterocycles. The highest BCUT2D eigenvalue weighted by Crippen LogP contribution is 2.36. The number of carbonyl (C=O) groups excluding carboxylic acids is 1. The van der Waals surface area contributed by atoms with Crippen LogP contribution in [-0.4, -0.2) is 45.9 Å². The van der Waals surface area contributed by atoms with Crippen LogP contribution in [0.25, 0.3) is 0 Å². The lowest BCUT2D eigenvalue weighted by atomic mass is 9.86. The number of hydrogen-bond donors (Lipinski definition) is 0. The van der Waals surface area contributed by atoms with Gasteiger partial charge in [0.05, 0.1) is 18.5 Å². The molecule has 9 heteroatoms. The Balaban J connectivity index is 1.44. The predicted octanol–water partition coefficient (Wildman–Crippen LogP) is 2.59. The molecule has 5 nitrogen and oxygen atoms in total. The second-order valence-corrected chi connectivity index (χ2v) is 7.10. The summed E-state index contributed by atoms with van der Waals surface area (Å²) in [5.74, 6) is 0.347. The average molecular weight is 368 g/mol. The monoisotopic (exact) mass is 368 g/mol. The fourth-order valence-electron chi connectivity index (χ4n) is 3.54. The highest BCUT2D eigenvalue weighted by molar-refractivity contribution is 7.08. The number of rotatable bonds is 3. The van der Waals surface area contributed by atoms with E-state index in [9.17, 15) is 18.0 Å². The SMILES string of the molecule is O=C(Cc1ccsc1)N1C2CC1CN(c1cc(C(F)(F)F)ncn1)C2. The van der Waals surface area contributed by atoms with E-state index in [-0.39, 0.29) is 23.8 Å². The standard InChI is InChI=1S/C16H15F3N4OS/c17-16(18,19)13-5-14(21-9-20-13)22-6-11-4-12(7-22)23(11)15(24)3-10-1-2-25-8-10/h1-2,5,8-9,11-12H,3-4,6-7H2. The molecule has 0 N–H and O–H groups in total. The van der Waals surface area contributed by atoms with Gasteiger partial charge in [0.1, 0.15) is 17.8 Å². The maximum atomic E-state index is 12.8. The number of anilines is 1. The Labute approximate surface area is 146 Å². The van der Waals surface area contributed by atoms with Crippen molar-refractivity contribution in [3.05, 3.63) is 40.5 Å². The van der Waals surface area contributed by atoms with Gasteiger partial charge in [0.15, 0.2) is 0 Å². The fraction of sp³-hybridized carbons (Fsp3) is 0.438. The minimum Gasteiger partial charge on any atom is -0.352 e. The van der Waals surface area contributed by atoms with E-state index < -0.39 is 11.9 Å². The average Bonchev–Trinajstić information content (AvgIpc) is 3.07. The van der Waals surface area contributed by atoms with Crippen LogP contribution in [0, 0.1) is 0 Å². The van der Waals surface area contributed by atoms with E-state index in [2.05, 4.69) is 9.97 Å². The number of piperazine rings is 1. The van der Waals surface area contributed by atoms with E-state index in [0.717, 1.165) is 24.4 Å². The lowest BCUT2D eigenvalue weighted by molar-refractivity contribution is -0.145. The normalized spacial score (nSPS) is 22.7. The zero-order valence-electron chi connectivity index (χ0n) is 13.1. The van der Waals surface area contributed by atoms with Crippen molar-refractivity contribution < 1.29 is 18.0 Å². The molecule has 132 valence electrons. The number of nitrogens with zero attached hydrogens (tertiary/aromatic N) is 4. The van der Waals surface area contributed by atoms with Gasteiger partial charge in [-0.15, -0.1) is 0 Å². The molecule has 0 radical (unpaired) electrons. The van der Waals surface area contributed by atoms with Crippen molar-refractivity contribution in [3.8, 4) is 0 Å². The Kier molecular flexibility index (Phi) is 3.90. The second kappa shape index (κ2) is 5.98. The fourth-order valence-corrected chi connectivity index (χ4v) is 4.21. The Morgan fingerprint density at radius 2 is 2.04 bits per heavy atom. The summed E-state index contributed by atoms with van der Waals surface area (Å²) < 4.78 is 38.4. The van der Waals surface area contributed by atoms with Crippen molar-refractivity contribution in [1.29, 1.82) is 0 Å². The van der Waals surface area contributed by atoms with Crippen molar-refractivity contribution in [2.24, 2.45) is 0 Å². The van der Waals surface area contributed by atoms with Gasteiger partial charge in [0.25, 0.3) is 0 Å². The number of hydrogen-bond acceptors (Lipinski definition) is 5. The topological polar surface area (TPSA) is 49.3 Å². The van der Waals surface area contributed by atoms with Gasteiger partial charge in [-0.25, -0.2) is 9.97 Å². The third-order valence-corrected chi connectivity index (χ3v) is 5.42. The lowest BCUT2D eigenvalue weighted by Crippen LogP contribution is -2.70. The first kappa shape index (κ1) is 16.3.